The molecule has 0 spiro atoms. The third kappa shape index (κ3) is 3.20. The molecule has 0 radical (unpaired) electrons. The van der Waals surface area contributed by atoms with Crippen LogP contribution in [0.5, 0.6) is 0 Å². The molecule has 0 aliphatic heterocycles. The van der Waals surface area contributed by atoms with E-state index in [9.17, 15) is 8.42 Å². The van der Waals surface area contributed by atoms with Crippen LogP contribution in [0.15, 0.2) is 29.2 Å². The van der Waals surface area contributed by atoms with Crippen LogP contribution in [0.2, 0.25) is 0 Å². The fraction of sp³-hybridized carbons (Fsp3) is 0.417. The molecule has 18 heavy (non-hydrogen) atoms. The summed E-state index contributed by atoms with van der Waals surface area (Å²) in [6.07, 6.45) is 0. The van der Waals surface area contributed by atoms with Crippen LogP contribution < -0.4 is 0 Å². The maximum absolute atomic E-state index is 12.3. The molecular weight excluding hydrogens is 270 g/mol. The Morgan fingerprint density at radius 3 is 2.28 bits per heavy atom. The fourth-order valence-corrected chi connectivity index (χ4v) is 3.29. The molecule has 1 aromatic rings. The second kappa shape index (κ2) is 6.15. The zero-order valence-electron chi connectivity index (χ0n) is 10.7. The lowest BCUT2D eigenvalue weighted by Gasteiger charge is -2.22. The van der Waals surface area contributed by atoms with Crippen molar-refractivity contribution >= 4 is 27.4 Å². The van der Waals surface area contributed by atoms with Crippen molar-refractivity contribution in [1.29, 1.82) is 0 Å². The lowest BCUT2D eigenvalue weighted by atomic mass is 10.2. The van der Waals surface area contributed by atoms with E-state index in [1.54, 1.807) is 38.1 Å². The molecule has 100 valence electrons. The largest absolute Gasteiger partial charge is 0.471 e. The maximum Gasteiger partial charge on any atom is 0.273 e. The van der Waals surface area contributed by atoms with Crippen LogP contribution in [0.1, 0.15) is 19.4 Å². The highest BCUT2D eigenvalue weighted by Gasteiger charge is 2.26. The molecule has 0 bridgehead atoms. The number of rotatable bonds is 4. The van der Waals surface area contributed by atoms with Gasteiger partial charge in [-0.1, -0.05) is 17.7 Å². The van der Waals surface area contributed by atoms with E-state index in [0.717, 1.165) is 9.87 Å². The van der Waals surface area contributed by atoms with E-state index in [1.807, 2.05) is 6.92 Å². The van der Waals surface area contributed by atoms with Gasteiger partial charge in [0.2, 0.25) is 0 Å². The van der Waals surface area contributed by atoms with Crippen molar-refractivity contribution in [3.05, 3.63) is 29.8 Å². The third-order valence-corrected chi connectivity index (χ3v) is 4.69. The number of thiocarbonyl (C=S) groups is 1. The van der Waals surface area contributed by atoms with E-state index in [0.29, 0.717) is 6.61 Å². The summed E-state index contributed by atoms with van der Waals surface area (Å²) in [5.74, 6) is 0. The van der Waals surface area contributed by atoms with Crippen molar-refractivity contribution in [3.8, 4) is 0 Å². The summed E-state index contributed by atoms with van der Waals surface area (Å²) in [6.45, 7) is 5.97. The standard InChI is InChI=1S/C12H17NO3S2/c1-4-13(12(17)16-5-2)18(14,15)11-8-6-10(3)7-9-11/h6-9H,4-5H2,1-3H3. The van der Waals surface area contributed by atoms with Gasteiger partial charge in [-0.05, 0) is 45.1 Å². The zero-order chi connectivity index (χ0) is 13.8. The molecule has 0 fully saturated rings. The van der Waals surface area contributed by atoms with Gasteiger partial charge in [0.25, 0.3) is 15.2 Å². The lowest BCUT2D eigenvalue weighted by Crippen LogP contribution is -2.36. The molecule has 4 nitrogen and oxygen atoms in total. The highest BCUT2D eigenvalue weighted by atomic mass is 32.2. The first-order valence-electron chi connectivity index (χ1n) is 5.69. The van der Waals surface area contributed by atoms with Crippen LogP contribution in [0.3, 0.4) is 0 Å². The minimum atomic E-state index is -3.62. The number of sulfonamides is 1. The van der Waals surface area contributed by atoms with Crippen molar-refractivity contribution in [2.75, 3.05) is 13.2 Å². The first kappa shape index (κ1) is 14.9. The van der Waals surface area contributed by atoms with Gasteiger partial charge in [0.05, 0.1) is 11.5 Å². The number of aryl methyl sites for hydroxylation is 1. The Bertz CT molecular complexity index is 509. The number of nitrogens with zero attached hydrogens (tertiary/aromatic N) is 1. The second-order valence-corrected chi connectivity index (χ2v) is 5.89. The molecular formula is C12H17NO3S2. The highest BCUT2D eigenvalue weighted by molar-refractivity contribution is 7.91. The molecule has 0 saturated heterocycles. The van der Waals surface area contributed by atoms with Crippen LogP contribution in [0, 0.1) is 6.92 Å². The SMILES string of the molecule is CCOC(=S)N(CC)S(=O)(=O)c1ccc(C)cc1. The van der Waals surface area contributed by atoms with Crippen LogP contribution in [-0.2, 0) is 14.8 Å². The predicted molar refractivity (Wildman–Crippen MR) is 75.0 cm³/mol. The van der Waals surface area contributed by atoms with Crippen LogP contribution in [0.4, 0.5) is 0 Å². The van der Waals surface area contributed by atoms with Gasteiger partial charge in [-0.2, -0.15) is 0 Å². The Kier molecular flexibility index (Phi) is 5.10. The monoisotopic (exact) mass is 287 g/mol. The second-order valence-electron chi connectivity index (χ2n) is 3.68. The Hall–Kier alpha value is -1.14. The van der Waals surface area contributed by atoms with Gasteiger partial charge in [-0.15, -0.1) is 0 Å². The van der Waals surface area contributed by atoms with Crippen molar-refractivity contribution in [2.45, 2.75) is 25.7 Å². The van der Waals surface area contributed by atoms with Gasteiger partial charge in [0.1, 0.15) is 0 Å². The summed E-state index contributed by atoms with van der Waals surface area (Å²) in [5.41, 5.74) is 1.00. The molecule has 0 amide bonds. The van der Waals surface area contributed by atoms with E-state index < -0.39 is 10.0 Å². The smallest absolute Gasteiger partial charge is 0.273 e. The molecule has 1 rings (SSSR count). The van der Waals surface area contributed by atoms with E-state index >= 15 is 0 Å². The van der Waals surface area contributed by atoms with E-state index in [-0.39, 0.29) is 16.6 Å². The number of benzene rings is 1. The number of hydrogen-bond acceptors (Lipinski definition) is 4. The molecule has 0 aromatic heterocycles. The average Bonchev–Trinajstić information content (AvgIpc) is 2.30. The molecule has 0 saturated carbocycles. The Morgan fingerprint density at radius 2 is 1.83 bits per heavy atom. The molecule has 0 aliphatic carbocycles. The van der Waals surface area contributed by atoms with Gasteiger partial charge < -0.3 is 4.74 Å². The minimum absolute atomic E-state index is 0.0134. The third-order valence-electron chi connectivity index (χ3n) is 2.37. The minimum Gasteiger partial charge on any atom is -0.471 e. The van der Waals surface area contributed by atoms with Gasteiger partial charge in [-0.25, -0.2) is 12.7 Å². The topological polar surface area (TPSA) is 46.6 Å². The van der Waals surface area contributed by atoms with Crippen LogP contribution in [-0.4, -0.2) is 31.0 Å². The van der Waals surface area contributed by atoms with Crippen molar-refractivity contribution in [1.82, 2.24) is 4.31 Å². The average molecular weight is 287 g/mol. The first-order valence-corrected chi connectivity index (χ1v) is 7.54. The van der Waals surface area contributed by atoms with Crippen molar-refractivity contribution < 1.29 is 13.2 Å². The molecule has 0 N–H and O–H groups in total. The van der Waals surface area contributed by atoms with E-state index in [1.165, 1.54) is 0 Å². The molecule has 0 heterocycles. The molecule has 0 unspecified atom stereocenters. The first-order chi connectivity index (χ1) is 8.43. The van der Waals surface area contributed by atoms with Gasteiger partial charge in [0.15, 0.2) is 0 Å². The van der Waals surface area contributed by atoms with Gasteiger partial charge in [-0.3, -0.25) is 0 Å². The number of ether oxygens (including phenoxy) is 1. The summed E-state index contributed by atoms with van der Waals surface area (Å²) in [5, 5.41) is -0.0134. The van der Waals surface area contributed by atoms with Crippen LogP contribution in [0.25, 0.3) is 0 Å². The Labute approximate surface area is 114 Å². The summed E-state index contributed by atoms with van der Waals surface area (Å²) in [6, 6.07) is 6.65. The van der Waals surface area contributed by atoms with Gasteiger partial charge >= 0.3 is 0 Å². The van der Waals surface area contributed by atoms with Gasteiger partial charge in [0, 0.05) is 6.54 Å². The highest BCUT2D eigenvalue weighted by Crippen LogP contribution is 2.17. The number of hydrogen-bond donors (Lipinski definition) is 0. The van der Waals surface area contributed by atoms with Crippen molar-refractivity contribution in [2.24, 2.45) is 0 Å². The molecule has 1 aromatic carbocycles. The summed E-state index contributed by atoms with van der Waals surface area (Å²) >= 11 is 4.97. The molecule has 0 atom stereocenters. The van der Waals surface area contributed by atoms with E-state index in [2.05, 4.69) is 0 Å². The zero-order valence-corrected chi connectivity index (χ0v) is 12.3. The van der Waals surface area contributed by atoms with Crippen LogP contribution >= 0.6 is 12.2 Å². The molecule has 6 heteroatoms. The summed E-state index contributed by atoms with van der Waals surface area (Å²) in [4.78, 5) is 0.219. The quantitative estimate of drug-likeness (QED) is 0.797. The van der Waals surface area contributed by atoms with E-state index in [4.69, 9.17) is 17.0 Å². The maximum atomic E-state index is 12.3. The Morgan fingerprint density at radius 1 is 1.28 bits per heavy atom. The normalized spacial score (nSPS) is 11.1. The Balaban J connectivity index is 3.10. The predicted octanol–water partition coefficient (Wildman–Crippen LogP) is 2.33. The fourth-order valence-electron chi connectivity index (χ4n) is 1.43. The summed E-state index contributed by atoms with van der Waals surface area (Å²) < 4.78 is 30.9. The lowest BCUT2D eigenvalue weighted by molar-refractivity contribution is 0.296. The summed E-state index contributed by atoms with van der Waals surface area (Å²) in [7, 11) is -3.62. The van der Waals surface area contributed by atoms with Crippen molar-refractivity contribution in [3.63, 3.8) is 0 Å². The molecule has 0 aliphatic rings.